The normalized spacial score (nSPS) is 12.8. The van der Waals surface area contributed by atoms with Gasteiger partial charge < -0.3 is 15.7 Å². The van der Waals surface area contributed by atoms with Crippen LogP contribution in [0.1, 0.15) is 40.4 Å². The molecule has 0 bridgehead atoms. The molecule has 9 heteroatoms. The third-order valence-corrected chi connectivity index (χ3v) is 6.81. The molecular formula is C28H24Cl2N4O3. The maximum atomic E-state index is 12.9. The van der Waals surface area contributed by atoms with Gasteiger partial charge in [0, 0.05) is 29.8 Å². The van der Waals surface area contributed by atoms with Gasteiger partial charge in [-0.1, -0.05) is 59.6 Å². The molecule has 1 aromatic heterocycles. The van der Waals surface area contributed by atoms with Crippen LogP contribution >= 0.6 is 23.2 Å². The van der Waals surface area contributed by atoms with Crippen molar-refractivity contribution in [3.05, 3.63) is 99.7 Å². The summed E-state index contributed by atoms with van der Waals surface area (Å²) in [5.41, 5.74) is 3.40. The highest BCUT2D eigenvalue weighted by Crippen LogP contribution is 2.42. The molecule has 1 saturated carbocycles. The first-order valence-electron chi connectivity index (χ1n) is 11.9. The van der Waals surface area contributed by atoms with Crippen LogP contribution in [0.5, 0.6) is 5.75 Å². The molecule has 0 unspecified atom stereocenters. The van der Waals surface area contributed by atoms with Gasteiger partial charge in [-0.25, -0.2) is 4.79 Å². The Balaban J connectivity index is 1.32. The highest BCUT2D eigenvalue weighted by atomic mass is 35.5. The average Bonchev–Trinajstić information content (AvgIpc) is 3.63. The molecule has 37 heavy (non-hydrogen) atoms. The van der Waals surface area contributed by atoms with Gasteiger partial charge in [0.15, 0.2) is 0 Å². The number of phenols is 1. The lowest BCUT2D eigenvalue weighted by atomic mass is 10.1. The molecule has 1 aliphatic rings. The second kappa shape index (κ2) is 10.7. The minimum Gasteiger partial charge on any atom is -0.507 e. The van der Waals surface area contributed by atoms with E-state index in [4.69, 9.17) is 23.2 Å². The van der Waals surface area contributed by atoms with Crippen molar-refractivity contribution in [3.63, 3.8) is 0 Å². The zero-order valence-corrected chi connectivity index (χ0v) is 21.3. The van der Waals surface area contributed by atoms with Crippen molar-refractivity contribution in [3.8, 4) is 17.0 Å². The van der Waals surface area contributed by atoms with E-state index >= 15 is 0 Å². The largest absolute Gasteiger partial charge is 0.507 e. The number of halogens is 2. The van der Waals surface area contributed by atoms with Gasteiger partial charge in [-0.2, -0.15) is 9.78 Å². The molecule has 0 aliphatic heterocycles. The van der Waals surface area contributed by atoms with E-state index in [1.165, 1.54) is 10.7 Å². The lowest BCUT2D eigenvalue weighted by Gasteiger charge is -2.10. The first kappa shape index (κ1) is 24.9. The van der Waals surface area contributed by atoms with Crippen LogP contribution in [-0.2, 0) is 6.42 Å². The number of aromatic hydroxyl groups is 1. The highest BCUT2D eigenvalue weighted by Gasteiger charge is 2.30. The number of benzene rings is 3. The van der Waals surface area contributed by atoms with Crippen molar-refractivity contribution in [1.82, 2.24) is 15.1 Å². The summed E-state index contributed by atoms with van der Waals surface area (Å²) < 4.78 is 1.40. The molecule has 4 aromatic rings. The Labute approximate surface area is 224 Å². The summed E-state index contributed by atoms with van der Waals surface area (Å²) in [6.07, 6.45) is 2.70. The Morgan fingerprint density at radius 2 is 1.70 bits per heavy atom. The number of hydrogen-bond acceptors (Lipinski definition) is 4. The van der Waals surface area contributed by atoms with Crippen LogP contribution in [0.2, 0.25) is 10.0 Å². The topological polar surface area (TPSA) is 96.3 Å². The number of anilines is 1. The standard InChI is InChI=1S/C28H24Cl2N4O3/c29-21-7-4-8-22(30)26(21)27(36)32-19-11-12-20(25(35)15-19)23-16-24(18-9-10-18)34(33-23)28(37)31-14-13-17-5-2-1-3-6-17/h1-8,11-12,15-16,18,35H,9-10,13-14H2,(H,31,37)(H,32,36). The number of phenolic OH excluding ortho intramolecular Hbond substituents is 1. The van der Waals surface area contributed by atoms with E-state index in [2.05, 4.69) is 15.7 Å². The van der Waals surface area contributed by atoms with Gasteiger partial charge in [-0.15, -0.1) is 0 Å². The number of nitrogens with zero attached hydrogens (tertiary/aromatic N) is 2. The molecule has 0 radical (unpaired) electrons. The highest BCUT2D eigenvalue weighted by molar-refractivity contribution is 6.40. The van der Waals surface area contributed by atoms with Crippen LogP contribution in [-0.4, -0.2) is 33.4 Å². The van der Waals surface area contributed by atoms with Crippen molar-refractivity contribution in [2.75, 3.05) is 11.9 Å². The van der Waals surface area contributed by atoms with Crippen LogP contribution < -0.4 is 10.6 Å². The summed E-state index contributed by atoms with van der Waals surface area (Å²) in [4.78, 5) is 25.6. The second-order valence-corrected chi connectivity index (χ2v) is 9.71. The number of hydrogen-bond donors (Lipinski definition) is 3. The average molecular weight is 535 g/mol. The predicted molar refractivity (Wildman–Crippen MR) is 145 cm³/mol. The summed E-state index contributed by atoms with van der Waals surface area (Å²) >= 11 is 12.3. The molecule has 0 atom stereocenters. The molecule has 3 N–H and O–H groups in total. The number of carbonyl (C=O) groups is 2. The Hall–Kier alpha value is -3.81. The fourth-order valence-corrected chi connectivity index (χ4v) is 4.70. The molecule has 1 fully saturated rings. The third kappa shape index (κ3) is 5.63. The maximum absolute atomic E-state index is 12.9. The number of rotatable bonds is 7. The molecular weight excluding hydrogens is 511 g/mol. The quantitative estimate of drug-likeness (QED) is 0.252. The van der Waals surface area contributed by atoms with Crippen molar-refractivity contribution < 1.29 is 14.7 Å². The smallest absolute Gasteiger partial charge is 0.342 e. The van der Waals surface area contributed by atoms with E-state index in [-0.39, 0.29) is 33.3 Å². The van der Waals surface area contributed by atoms with Gasteiger partial charge in [0.05, 0.1) is 27.0 Å². The zero-order valence-electron chi connectivity index (χ0n) is 19.7. The van der Waals surface area contributed by atoms with Crippen LogP contribution in [0.15, 0.2) is 72.8 Å². The summed E-state index contributed by atoms with van der Waals surface area (Å²) in [5.74, 6) is -0.308. The second-order valence-electron chi connectivity index (χ2n) is 8.89. The van der Waals surface area contributed by atoms with Crippen molar-refractivity contribution in [2.24, 2.45) is 0 Å². The minimum atomic E-state index is -0.491. The maximum Gasteiger partial charge on any atom is 0.342 e. The van der Waals surface area contributed by atoms with Gasteiger partial charge in [0.25, 0.3) is 5.91 Å². The number of aromatic nitrogens is 2. The minimum absolute atomic E-state index is 0.0838. The lowest BCUT2D eigenvalue weighted by molar-refractivity contribution is 0.102. The zero-order chi connectivity index (χ0) is 25.9. The summed E-state index contributed by atoms with van der Waals surface area (Å²) in [5, 5.41) is 21.3. The van der Waals surface area contributed by atoms with E-state index < -0.39 is 5.91 Å². The Bertz CT molecular complexity index is 1450. The molecule has 1 aliphatic carbocycles. The van der Waals surface area contributed by atoms with Crippen molar-refractivity contribution in [2.45, 2.75) is 25.2 Å². The van der Waals surface area contributed by atoms with E-state index in [1.54, 1.807) is 30.3 Å². The summed E-state index contributed by atoms with van der Waals surface area (Å²) in [7, 11) is 0. The predicted octanol–water partition coefficient (Wildman–Crippen LogP) is 6.49. The molecule has 0 saturated heterocycles. The summed E-state index contributed by atoms with van der Waals surface area (Å²) in [6.45, 7) is 0.483. The Morgan fingerprint density at radius 3 is 2.38 bits per heavy atom. The van der Waals surface area contributed by atoms with Gasteiger partial charge in [-0.05, 0) is 55.2 Å². The molecule has 5 rings (SSSR count). The molecule has 0 spiro atoms. The van der Waals surface area contributed by atoms with Crippen LogP contribution in [0.4, 0.5) is 10.5 Å². The van der Waals surface area contributed by atoms with Gasteiger partial charge >= 0.3 is 6.03 Å². The van der Waals surface area contributed by atoms with E-state index in [1.807, 2.05) is 36.4 Å². The molecule has 1 heterocycles. The van der Waals surface area contributed by atoms with Crippen molar-refractivity contribution >= 4 is 40.8 Å². The number of nitrogens with one attached hydrogen (secondary N) is 2. The molecule has 2 amide bonds. The SMILES string of the molecule is O=C(Nc1ccc(-c2cc(C3CC3)n(C(=O)NCCc3ccccc3)n2)c(O)c1)c1c(Cl)cccc1Cl. The van der Waals surface area contributed by atoms with Crippen LogP contribution in [0, 0.1) is 0 Å². The Morgan fingerprint density at radius 1 is 0.973 bits per heavy atom. The fourth-order valence-electron chi connectivity index (χ4n) is 4.13. The molecule has 7 nitrogen and oxygen atoms in total. The van der Waals surface area contributed by atoms with E-state index in [9.17, 15) is 14.7 Å². The lowest BCUT2D eigenvalue weighted by Crippen LogP contribution is -2.32. The third-order valence-electron chi connectivity index (χ3n) is 6.18. The van der Waals surface area contributed by atoms with Crippen LogP contribution in [0.25, 0.3) is 11.3 Å². The fraction of sp³-hybridized carbons (Fsp3) is 0.179. The number of amides is 2. The monoisotopic (exact) mass is 534 g/mol. The molecule has 3 aromatic carbocycles. The van der Waals surface area contributed by atoms with E-state index in [0.717, 1.165) is 24.1 Å². The van der Waals surface area contributed by atoms with Crippen LogP contribution in [0.3, 0.4) is 0 Å². The van der Waals surface area contributed by atoms with Gasteiger partial charge in [0.2, 0.25) is 0 Å². The van der Waals surface area contributed by atoms with E-state index in [0.29, 0.717) is 29.9 Å². The van der Waals surface area contributed by atoms with Crippen molar-refractivity contribution in [1.29, 1.82) is 0 Å². The first-order chi connectivity index (χ1) is 17.9. The first-order valence-corrected chi connectivity index (χ1v) is 12.7. The summed E-state index contributed by atoms with van der Waals surface area (Å²) in [6, 6.07) is 21.0. The van der Waals surface area contributed by atoms with Gasteiger partial charge in [0.1, 0.15) is 5.75 Å². The number of carbonyl (C=O) groups excluding carboxylic acids is 2. The Kier molecular flexibility index (Phi) is 7.17. The van der Waals surface area contributed by atoms with Gasteiger partial charge in [-0.3, -0.25) is 4.79 Å². The molecule has 188 valence electrons.